The Morgan fingerprint density at radius 1 is 1.32 bits per heavy atom. The zero-order chi connectivity index (χ0) is 16.5. The maximum Gasteiger partial charge on any atom is 0.270 e. The average Bonchev–Trinajstić information content (AvgIpc) is 2.85. The lowest BCUT2D eigenvalue weighted by molar-refractivity contribution is 0.0170. The van der Waals surface area contributed by atoms with E-state index >= 15 is 0 Å². The molecule has 0 spiro atoms. The van der Waals surface area contributed by atoms with Gasteiger partial charge in [-0.3, -0.25) is 4.90 Å². The zero-order valence-corrected chi connectivity index (χ0v) is 13.5. The molecule has 4 nitrogen and oxygen atoms in total. The minimum Gasteiger partial charge on any atom is -0.493 e. The highest BCUT2D eigenvalue weighted by Gasteiger charge is 2.35. The molecule has 2 N–H and O–H groups in total. The third-order valence-electron chi connectivity index (χ3n) is 4.34. The maximum absolute atomic E-state index is 13.8. The van der Waals surface area contributed by atoms with Crippen molar-refractivity contribution in [3.8, 4) is 11.5 Å². The van der Waals surface area contributed by atoms with Crippen LogP contribution in [0.3, 0.4) is 0 Å². The number of hydrogen-bond donors (Lipinski definition) is 1. The summed E-state index contributed by atoms with van der Waals surface area (Å²) in [5, 5.41) is 0. The van der Waals surface area contributed by atoms with Crippen LogP contribution in [0, 0.1) is 5.92 Å². The number of halogens is 2. The molecule has 1 aromatic rings. The highest BCUT2D eigenvalue weighted by molar-refractivity contribution is 5.52. The maximum atomic E-state index is 13.8. The topological polar surface area (TPSA) is 47.7 Å². The molecule has 2 unspecified atom stereocenters. The Kier molecular flexibility index (Phi) is 4.92. The van der Waals surface area contributed by atoms with Crippen LogP contribution in [0.4, 0.5) is 8.78 Å². The van der Waals surface area contributed by atoms with Crippen molar-refractivity contribution in [2.45, 2.75) is 25.3 Å². The van der Waals surface area contributed by atoms with Crippen LogP contribution in [0.15, 0.2) is 12.1 Å². The fourth-order valence-electron chi connectivity index (χ4n) is 3.13. The van der Waals surface area contributed by atoms with Crippen LogP contribution in [0.25, 0.3) is 0 Å². The lowest BCUT2D eigenvalue weighted by Gasteiger charge is -2.25. The second-order valence-electron chi connectivity index (χ2n) is 5.98. The van der Waals surface area contributed by atoms with Gasteiger partial charge in [0.2, 0.25) is 0 Å². The number of rotatable bonds is 5. The van der Waals surface area contributed by atoms with Crippen molar-refractivity contribution < 1.29 is 18.3 Å². The van der Waals surface area contributed by atoms with Crippen LogP contribution in [-0.2, 0) is 5.92 Å². The van der Waals surface area contributed by atoms with Crippen LogP contribution >= 0.6 is 0 Å². The van der Waals surface area contributed by atoms with Crippen molar-refractivity contribution in [1.82, 2.24) is 4.90 Å². The Bertz CT molecular complexity index is 532. The number of benzene rings is 1. The van der Waals surface area contributed by atoms with Crippen molar-refractivity contribution in [3.05, 3.63) is 23.3 Å². The van der Waals surface area contributed by atoms with Gasteiger partial charge in [-0.15, -0.1) is 0 Å². The summed E-state index contributed by atoms with van der Waals surface area (Å²) in [7, 11) is 4.96. The third kappa shape index (κ3) is 3.17. The molecule has 0 saturated carbocycles. The highest BCUT2D eigenvalue weighted by Crippen LogP contribution is 2.45. The van der Waals surface area contributed by atoms with Gasteiger partial charge in [-0.2, -0.15) is 0 Å². The number of nitrogens with two attached hydrogens (primary N) is 1. The molecular weight excluding hydrogens is 290 g/mol. The summed E-state index contributed by atoms with van der Waals surface area (Å²) in [6, 6.07) is 2.87. The van der Waals surface area contributed by atoms with Crippen molar-refractivity contribution in [2.24, 2.45) is 11.7 Å². The van der Waals surface area contributed by atoms with E-state index in [-0.39, 0.29) is 11.6 Å². The largest absolute Gasteiger partial charge is 0.493 e. The summed E-state index contributed by atoms with van der Waals surface area (Å²) in [6.07, 6.45) is 0.825. The molecule has 124 valence electrons. The molecule has 1 aliphatic heterocycles. The molecule has 1 heterocycles. The zero-order valence-electron chi connectivity index (χ0n) is 13.5. The fourth-order valence-corrected chi connectivity index (χ4v) is 3.13. The first-order valence-corrected chi connectivity index (χ1v) is 7.36. The second-order valence-corrected chi connectivity index (χ2v) is 5.98. The number of hydrogen-bond acceptors (Lipinski definition) is 4. The van der Waals surface area contributed by atoms with Crippen LogP contribution < -0.4 is 15.2 Å². The number of likely N-dealkylation sites (tertiary alicyclic amines) is 1. The van der Waals surface area contributed by atoms with E-state index in [0.717, 1.165) is 25.5 Å². The molecule has 0 aliphatic carbocycles. The summed E-state index contributed by atoms with van der Waals surface area (Å²) in [5.74, 6) is -1.72. The van der Waals surface area contributed by atoms with E-state index in [4.69, 9.17) is 15.2 Å². The first kappa shape index (κ1) is 17.0. The monoisotopic (exact) mass is 314 g/mol. The standard InChI is InChI=1S/C16H24F2N2O2/c1-16(17,18)11-6-12(15(22-4)14(7-11)21-3)13-5-10(8-19)9-20(13)2/h6-7,10,13H,5,8-9,19H2,1-4H3. The van der Waals surface area contributed by atoms with Crippen LogP contribution in [-0.4, -0.2) is 39.3 Å². The summed E-state index contributed by atoms with van der Waals surface area (Å²) < 4.78 is 38.3. The summed E-state index contributed by atoms with van der Waals surface area (Å²) in [4.78, 5) is 2.13. The van der Waals surface area contributed by atoms with E-state index in [1.54, 1.807) is 0 Å². The van der Waals surface area contributed by atoms with E-state index in [1.807, 2.05) is 7.05 Å². The van der Waals surface area contributed by atoms with E-state index in [9.17, 15) is 8.78 Å². The van der Waals surface area contributed by atoms with Crippen molar-refractivity contribution in [2.75, 3.05) is 34.4 Å². The van der Waals surface area contributed by atoms with E-state index < -0.39 is 5.92 Å². The molecule has 1 aromatic carbocycles. The molecule has 0 aromatic heterocycles. The molecule has 6 heteroatoms. The number of alkyl halides is 2. The van der Waals surface area contributed by atoms with E-state index in [1.165, 1.54) is 26.4 Å². The average molecular weight is 314 g/mol. The van der Waals surface area contributed by atoms with Crippen molar-refractivity contribution in [3.63, 3.8) is 0 Å². The van der Waals surface area contributed by atoms with E-state index in [2.05, 4.69) is 4.90 Å². The molecule has 2 atom stereocenters. The van der Waals surface area contributed by atoms with Crippen LogP contribution in [0.2, 0.25) is 0 Å². The Hall–Kier alpha value is -1.40. The predicted octanol–water partition coefficient (Wildman–Crippen LogP) is 2.77. The number of nitrogens with zero attached hydrogens (tertiary/aromatic N) is 1. The number of ether oxygens (including phenoxy) is 2. The fraction of sp³-hybridized carbons (Fsp3) is 0.625. The third-order valence-corrected chi connectivity index (χ3v) is 4.34. The molecule has 1 aliphatic rings. The van der Waals surface area contributed by atoms with Gasteiger partial charge >= 0.3 is 0 Å². The Morgan fingerprint density at radius 2 is 2.00 bits per heavy atom. The molecule has 2 rings (SSSR count). The molecule has 1 fully saturated rings. The lowest BCUT2D eigenvalue weighted by atomic mass is 9.95. The quantitative estimate of drug-likeness (QED) is 0.908. The smallest absolute Gasteiger partial charge is 0.270 e. The Morgan fingerprint density at radius 3 is 2.45 bits per heavy atom. The minimum atomic E-state index is -2.93. The Labute approximate surface area is 130 Å². The van der Waals surface area contributed by atoms with Gasteiger partial charge in [-0.25, -0.2) is 8.78 Å². The molecule has 22 heavy (non-hydrogen) atoms. The summed E-state index contributed by atoms with van der Waals surface area (Å²) in [6.45, 7) is 2.32. The minimum absolute atomic E-state index is 0.000278. The second kappa shape index (κ2) is 6.38. The van der Waals surface area contributed by atoms with Crippen molar-refractivity contribution in [1.29, 1.82) is 0 Å². The summed E-state index contributed by atoms with van der Waals surface area (Å²) >= 11 is 0. The normalized spacial score (nSPS) is 22.9. The molecular formula is C16H24F2N2O2. The Balaban J connectivity index is 2.53. The predicted molar refractivity (Wildman–Crippen MR) is 81.6 cm³/mol. The SMILES string of the molecule is COc1cc(C(C)(F)F)cc(C2CC(CN)CN2C)c1OC. The van der Waals surface area contributed by atoms with Gasteiger partial charge in [0, 0.05) is 30.6 Å². The first-order valence-electron chi connectivity index (χ1n) is 7.36. The lowest BCUT2D eigenvalue weighted by Crippen LogP contribution is -2.21. The van der Waals surface area contributed by atoms with Gasteiger partial charge < -0.3 is 15.2 Å². The number of methoxy groups -OCH3 is 2. The first-order chi connectivity index (χ1) is 10.3. The molecule has 0 bridgehead atoms. The van der Waals surface area contributed by atoms with Gasteiger partial charge in [0.25, 0.3) is 5.92 Å². The van der Waals surface area contributed by atoms with Gasteiger partial charge in [0.1, 0.15) is 0 Å². The van der Waals surface area contributed by atoms with Crippen LogP contribution in [0.5, 0.6) is 11.5 Å². The molecule has 1 saturated heterocycles. The van der Waals surface area contributed by atoms with Gasteiger partial charge in [0.05, 0.1) is 14.2 Å². The van der Waals surface area contributed by atoms with Gasteiger partial charge in [-0.1, -0.05) is 0 Å². The highest BCUT2D eigenvalue weighted by atomic mass is 19.3. The van der Waals surface area contributed by atoms with Crippen molar-refractivity contribution >= 4 is 0 Å². The van der Waals surface area contributed by atoms with Crippen LogP contribution in [0.1, 0.15) is 30.5 Å². The summed E-state index contributed by atoms with van der Waals surface area (Å²) in [5.41, 5.74) is 6.43. The van der Waals surface area contributed by atoms with Gasteiger partial charge in [0.15, 0.2) is 11.5 Å². The van der Waals surface area contributed by atoms with E-state index in [0.29, 0.717) is 24.0 Å². The molecule has 0 radical (unpaired) electrons. The van der Waals surface area contributed by atoms with Gasteiger partial charge in [-0.05, 0) is 38.1 Å². The molecule has 0 amide bonds.